The van der Waals surface area contributed by atoms with Gasteiger partial charge in [0.05, 0.1) is 5.69 Å². The fourth-order valence-electron chi connectivity index (χ4n) is 2.90. The third-order valence-corrected chi connectivity index (χ3v) is 4.51. The summed E-state index contributed by atoms with van der Waals surface area (Å²) in [6, 6.07) is 16.4. The lowest BCUT2D eigenvalue weighted by Gasteiger charge is -2.09. The normalized spacial score (nSPS) is 11.4. The van der Waals surface area contributed by atoms with Gasteiger partial charge in [0.1, 0.15) is 0 Å². The number of aryl methyl sites for hydroxylation is 3. The van der Waals surface area contributed by atoms with Gasteiger partial charge in [-0.1, -0.05) is 23.7 Å². The van der Waals surface area contributed by atoms with Gasteiger partial charge in [-0.2, -0.15) is 0 Å². The topological polar surface area (TPSA) is 17.3 Å². The molecular formula is C21H21ClN2. The number of rotatable bonds is 3. The number of benzene rings is 2. The minimum absolute atomic E-state index is 0.748. The molecule has 0 amide bonds. The lowest BCUT2D eigenvalue weighted by atomic mass is 10.1. The molecule has 2 aromatic carbocycles. The van der Waals surface area contributed by atoms with Crippen LogP contribution in [0.1, 0.15) is 28.1 Å². The van der Waals surface area contributed by atoms with E-state index in [1.807, 2.05) is 30.5 Å². The van der Waals surface area contributed by atoms with Crippen molar-refractivity contribution in [3.63, 3.8) is 0 Å². The maximum atomic E-state index is 6.00. The van der Waals surface area contributed by atoms with Gasteiger partial charge in [-0.3, -0.25) is 4.99 Å². The molecule has 1 aromatic heterocycles. The molecule has 0 bridgehead atoms. The monoisotopic (exact) mass is 336 g/mol. The van der Waals surface area contributed by atoms with E-state index in [0.29, 0.717) is 0 Å². The molecule has 122 valence electrons. The highest BCUT2D eigenvalue weighted by atomic mass is 35.5. The quantitative estimate of drug-likeness (QED) is 0.513. The molecule has 0 saturated heterocycles. The van der Waals surface area contributed by atoms with Crippen molar-refractivity contribution < 1.29 is 0 Å². The predicted molar refractivity (Wildman–Crippen MR) is 103 cm³/mol. The Bertz CT molecular complexity index is 902. The summed E-state index contributed by atoms with van der Waals surface area (Å²) in [5, 5.41) is 0.748. The Hall–Kier alpha value is -2.32. The smallest absolute Gasteiger partial charge is 0.0661 e. The number of aromatic nitrogens is 1. The molecule has 24 heavy (non-hydrogen) atoms. The van der Waals surface area contributed by atoms with Crippen molar-refractivity contribution in [1.29, 1.82) is 0 Å². The SMILES string of the molecule is Cc1ccc(C)c(N=Cc2cc(C)n(-c3ccc(Cl)cc3)c2C)c1. The lowest BCUT2D eigenvalue weighted by molar-refractivity contribution is 0.965. The van der Waals surface area contributed by atoms with Crippen molar-refractivity contribution in [2.75, 3.05) is 0 Å². The summed E-state index contributed by atoms with van der Waals surface area (Å²) in [5.74, 6) is 0. The Morgan fingerprint density at radius 1 is 0.917 bits per heavy atom. The zero-order chi connectivity index (χ0) is 17.3. The zero-order valence-electron chi connectivity index (χ0n) is 14.5. The highest BCUT2D eigenvalue weighted by Crippen LogP contribution is 2.23. The number of aliphatic imine (C=N–C) groups is 1. The molecular weight excluding hydrogens is 316 g/mol. The largest absolute Gasteiger partial charge is 0.318 e. The van der Waals surface area contributed by atoms with E-state index in [-0.39, 0.29) is 0 Å². The zero-order valence-corrected chi connectivity index (χ0v) is 15.2. The Labute approximate surface area is 148 Å². The van der Waals surface area contributed by atoms with Crippen LogP contribution in [0.3, 0.4) is 0 Å². The first-order valence-electron chi connectivity index (χ1n) is 8.02. The van der Waals surface area contributed by atoms with E-state index in [1.165, 1.54) is 22.5 Å². The van der Waals surface area contributed by atoms with Crippen molar-refractivity contribution in [1.82, 2.24) is 4.57 Å². The summed E-state index contributed by atoms with van der Waals surface area (Å²) >= 11 is 6.00. The Morgan fingerprint density at radius 3 is 2.33 bits per heavy atom. The first kappa shape index (κ1) is 16.5. The van der Waals surface area contributed by atoms with Crippen LogP contribution in [-0.2, 0) is 0 Å². The highest BCUT2D eigenvalue weighted by molar-refractivity contribution is 6.30. The van der Waals surface area contributed by atoms with E-state index in [0.717, 1.165) is 22.0 Å². The van der Waals surface area contributed by atoms with Gasteiger partial charge < -0.3 is 4.57 Å². The molecule has 3 rings (SSSR count). The van der Waals surface area contributed by atoms with Crippen molar-refractivity contribution in [3.05, 3.63) is 81.6 Å². The van der Waals surface area contributed by atoms with E-state index < -0.39 is 0 Å². The summed E-state index contributed by atoms with van der Waals surface area (Å²) in [6.45, 7) is 8.40. The van der Waals surface area contributed by atoms with Crippen LogP contribution in [0.5, 0.6) is 0 Å². The molecule has 0 fully saturated rings. The van der Waals surface area contributed by atoms with Crippen LogP contribution in [-0.4, -0.2) is 10.8 Å². The van der Waals surface area contributed by atoms with Gasteiger partial charge in [0.15, 0.2) is 0 Å². The summed E-state index contributed by atoms with van der Waals surface area (Å²) in [7, 11) is 0. The average molecular weight is 337 g/mol. The van der Waals surface area contributed by atoms with Crippen molar-refractivity contribution in [3.8, 4) is 5.69 Å². The van der Waals surface area contributed by atoms with Gasteiger partial charge in [0.25, 0.3) is 0 Å². The van der Waals surface area contributed by atoms with Crippen LogP contribution in [0.25, 0.3) is 5.69 Å². The van der Waals surface area contributed by atoms with E-state index in [2.05, 4.69) is 56.5 Å². The van der Waals surface area contributed by atoms with Crippen LogP contribution >= 0.6 is 11.6 Å². The van der Waals surface area contributed by atoms with Crippen LogP contribution < -0.4 is 0 Å². The molecule has 2 nitrogen and oxygen atoms in total. The molecule has 0 aliphatic carbocycles. The highest BCUT2D eigenvalue weighted by Gasteiger charge is 2.09. The Kier molecular flexibility index (Phi) is 4.59. The van der Waals surface area contributed by atoms with Crippen LogP contribution in [0.15, 0.2) is 53.5 Å². The second-order valence-electron chi connectivity index (χ2n) is 6.19. The number of hydrogen-bond donors (Lipinski definition) is 0. The predicted octanol–water partition coefficient (Wildman–Crippen LogP) is 6.11. The van der Waals surface area contributed by atoms with Crippen molar-refractivity contribution >= 4 is 23.5 Å². The molecule has 0 saturated carbocycles. The Morgan fingerprint density at radius 2 is 1.62 bits per heavy atom. The number of hydrogen-bond acceptors (Lipinski definition) is 1. The third kappa shape index (κ3) is 3.29. The van der Waals surface area contributed by atoms with E-state index >= 15 is 0 Å². The maximum absolute atomic E-state index is 6.00. The fraction of sp³-hybridized carbons (Fsp3) is 0.190. The number of halogens is 1. The van der Waals surface area contributed by atoms with Gasteiger partial charge in [0, 0.05) is 33.9 Å². The van der Waals surface area contributed by atoms with E-state index in [9.17, 15) is 0 Å². The van der Waals surface area contributed by atoms with Crippen LogP contribution in [0.4, 0.5) is 5.69 Å². The first-order valence-corrected chi connectivity index (χ1v) is 8.39. The van der Waals surface area contributed by atoms with Gasteiger partial charge in [-0.05, 0) is 75.2 Å². The van der Waals surface area contributed by atoms with Gasteiger partial charge >= 0.3 is 0 Å². The van der Waals surface area contributed by atoms with Gasteiger partial charge in [0.2, 0.25) is 0 Å². The van der Waals surface area contributed by atoms with Crippen molar-refractivity contribution in [2.45, 2.75) is 27.7 Å². The second kappa shape index (κ2) is 6.66. The van der Waals surface area contributed by atoms with Crippen LogP contribution in [0.2, 0.25) is 5.02 Å². The summed E-state index contributed by atoms with van der Waals surface area (Å²) < 4.78 is 2.22. The molecule has 3 heteroatoms. The average Bonchev–Trinajstić information content (AvgIpc) is 2.83. The molecule has 0 unspecified atom stereocenters. The summed E-state index contributed by atoms with van der Waals surface area (Å²) in [4.78, 5) is 4.70. The lowest BCUT2D eigenvalue weighted by Crippen LogP contribution is -1.99. The standard InChI is InChI=1S/C21H21ClN2/c1-14-5-6-15(2)21(11-14)23-13-18-12-16(3)24(17(18)4)20-9-7-19(22)8-10-20/h5-13H,1-4H3. The molecule has 0 spiro atoms. The van der Waals surface area contributed by atoms with Crippen LogP contribution in [0, 0.1) is 27.7 Å². The molecule has 0 aliphatic heterocycles. The Balaban J connectivity index is 1.98. The molecule has 0 aliphatic rings. The second-order valence-corrected chi connectivity index (χ2v) is 6.62. The summed E-state index contributed by atoms with van der Waals surface area (Å²) in [6.07, 6.45) is 1.95. The number of nitrogens with zero attached hydrogens (tertiary/aromatic N) is 2. The minimum atomic E-state index is 0.748. The van der Waals surface area contributed by atoms with Crippen molar-refractivity contribution in [2.24, 2.45) is 4.99 Å². The fourth-order valence-corrected chi connectivity index (χ4v) is 3.03. The third-order valence-electron chi connectivity index (χ3n) is 4.26. The minimum Gasteiger partial charge on any atom is -0.318 e. The molecule has 1 heterocycles. The molecule has 3 aromatic rings. The first-order chi connectivity index (χ1) is 11.5. The molecule has 0 radical (unpaired) electrons. The summed E-state index contributed by atoms with van der Waals surface area (Å²) in [5.41, 5.74) is 8.01. The van der Waals surface area contributed by atoms with Gasteiger partial charge in [-0.25, -0.2) is 0 Å². The van der Waals surface area contributed by atoms with E-state index in [4.69, 9.17) is 16.6 Å². The van der Waals surface area contributed by atoms with E-state index in [1.54, 1.807) is 0 Å². The molecule has 0 N–H and O–H groups in total. The molecule has 0 atom stereocenters. The maximum Gasteiger partial charge on any atom is 0.0661 e. The van der Waals surface area contributed by atoms with Gasteiger partial charge in [-0.15, -0.1) is 0 Å².